The summed E-state index contributed by atoms with van der Waals surface area (Å²) in [6.45, 7) is 7.36. The molecule has 4 heteroatoms. The molecule has 4 rings (SSSR count). The van der Waals surface area contributed by atoms with Gasteiger partial charge >= 0.3 is 0 Å². The van der Waals surface area contributed by atoms with E-state index in [0.717, 1.165) is 29.0 Å². The number of hydrogen-bond acceptors (Lipinski definition) is 2. The van der Waals surface area contributed by atoms with Gasteiger partial charge in [-0.25, -0.2) is 4.98 Å². The van der Waals surface area contributed by atoms with Gasteiger partial charge in [-0.15, -0.1) is 0 Å². The van der Waals surface area contributed by atoms with E-state index in [1.54, 1.807) is 0 Å². The molecule has 146 valence electrons. The maximum Gasteiger partial charge on any atom is 0.251 e. The first-order valence-corrected chi connectivity index (χ1v) is 9.86. The highest BCUT2D eigenvalue weighted by Gasteiger charge is 2.13. The second-order valence-electron chi connectivity index (χ2n) is 7.58. The third-order valence-corrected chi connectivity index (χ3v) is 5.29. The number of nitrogens with one attached hydrogen (secondary N) is 1. The van der Waals surface area contributed by atoms with Gasteiger partial charge in [-0.3, -0.25) is 4.79 Å². The minimum atomic E-state index is -0.0876. The Labute approximate surface area is 171 Å². The van der Waals surface area contributed by atoms with Crippen LogP contribution >= 0.6 is 0 Å². The summed E-state index contributed by atoms with van der Waals surface area (Å²) in [4.78, 5) is 17.4. The number of aryl methyl sites for hydroxylation is 3. The molecule has 4 nitrogen and oxygen atoms in total. The number of nitrogens with zero attached hydrogens (tertiary/aromatic N) is 2. The first-order valence-electron chi connectivity index (χ1n) is 9.86. The monoisotopic (exact) mass is 383 g/mol. The van der Waals surface area contributed by atoms with Gasteiger partial charge in [0.25, 0.3) is 5.91 Å². The maximum atomic E-state index is 12.6. The van der Waals surface area contributed by atoms with Crippen molar-refractivity contribution >= 4 is 16.9 Å². The first-order chi connectivity index (χ1) is 14.0. The van der Waals surface area contributed by atoms with Crippen molar-refractivity contribution in [1.82, 2.24) is 14.9 Å². The number of amides is 1. The normalized spacial score (nSPS) is 11.0. The van der Waals surface area contributed by atoms with E-state index in [-0.39, 0.29) is 5.91 Å². The zero-order valence-corrected chi connectivity index (χ0v) is 17.1. The van der Waals surface area contributed by atoms with Gasteiger partial charge in [-0.1, -0.05) is 53.6 Å². The summed E-state index contributed by atoms with van der Waals surface area (Å²) in [5, 5.41) is 3.03. The molecule has 0 fully saturated rings. The summed E-state index contributed by atoms with van der Waals surface area (Å²) in [5.74, 6) is 0.767. The second-order valence-corrected chi connectivity index (χ2v) is 7.58. The number of hydrogen-bond donors (Lipinski definition) is 1. The third kappa shape index (κ3) is 4.06. The fraction of sp³-hybridized carbons (Fsp3) is 0.200. The Morgan fingerprint density at radius 3 is 2.45 bits per heavy atom. The zero-order chi connectivity index (χ0) is 20.4. The van der Waals surface area contributed by atoms with Gasteiger partial charge in [-0.2, -0.15) is 0 Å². The maximum absolute atomic E-state index is 12.6. The van der Waals surface area contributed by atoms with E-state index in [2.05, 4.69) is 48.0 Å². The molecule has 0 spiro atoms. The summed E-state index contributed by atoms with van der Waals surface area (Å²) in [5.41, 5.74) is 7.57. The highest BCUT2D eigenvalue weighted by atomic mass is 16.1. The van der Waals surface area contributed by atoms with Crippen molar-refractivity contribution in [2.24, 2.45) is 0 Å². The molecule has 1 amide bonds. The number of aromatic nitrogens is 2. The van der Waals surface area contributed by atoms with E-state index < -0.39 is 0 Å². The predicted octanol–water partition coefficient (Wildman–Crippen LogP) is 4.94. The van der Waals surface area contributed by atoms with Crippen molar-refractivity contribution in [1.29, 1.82) is 0 Å². The second kappa shape index (κ2) is 7.92. The molecule has 0 aliphatic heterocycles. The quantitative estimate of drug-likeness (QED) is 0.531. The lowest BCUT2D eigenvalue weighted by molar-refractivity contribution is 0.0949. The van der Waals surface area contributed by atoms with E-state index in [4.69, 9.17) is 4.98 Å². The molecule has 0 aliphatic rings. The van der Waals surface area contributed by atoms with Crippen molar-refractivity contribution < 1.29 is 4.79 Å². The Hall–Kier alpha value is -3.40. The van der Waals surface area contributed by atoms with E-state index in [0.29, 0.717) is 12.1 Å². The highest BCUT2D eigenvalue weighted by molar-refractivity contribution is 5.94. The van der Waals surface area contributed by atoms with E-state index in [9.17, 15) is 4.79 Å². The van der Waals surface area contributed by atoms with Crippen LogP contribution in [-0.2, 0) is 13.1 Å². The molecule has 0 saturated carbocycles. The largest absolute Gasteiger partial charge is 0.345 e. The Bertz CT molecular complexity index is 1170. The molecule has 0 aliphatic carbocycles. The predicted molar refractivity (Wildman–Crippen MR) is 117 cm³/mol. The van der Waals surface area contributed by atoms with E-state index in [1.165, 1.54) is 16.7 Å². The number of carbonyl (C=O) groups excluding carboxylic acids is 1. The minimum Gasteiger partial charge on any atom is -0.345 e. The van der Waals surface area contributed by atoms with Gasteiger partial charge in [0.05, 0.1) is 17.6 Å². The lowest BCUT2D eigenvalue weighted by atomic mass is 10.1. The van der Waals surface area contributed by atoms with Crippen LogP contribution in [0, 0.1) is 20.8 Å². The lowest BCUT2D eigenvalue weighted by Gasteiger charge is -2.13. The molecule has 0 radical (unpaired) electrons. The molecular formula is C25H25N3O. The zero-order valence-electron chi connectivity index (χ0n) is 17.1. The average Bonchev–Trinajstić information content (AvgIpc) is 3.07. The minimum absolute atomic E-state index is 0.0876. The molecular weight excluding hydrogens is 358 g/mol. The topological polar surface area (TPSA) is 46.9 Å². The first kappa shape index (κ1) is 18.9. The Morgan fingerprint density at radius 2 is 1.66 bits per heavy atom. The van der Waals surface area contributed by atoms with Gasteiger partial charge in [0.1, 0.15) is 5.82 Å². The molecule has 0 saturated heterocycles. The molecule has 0 atom stereocenters. The number of carbonyl (C=O) groups is 1. The van der Waals surface area contributed by atoms with Crippen LogP contribution in [-0.4, -0.2) is 15.5 Å². The summed E-state index contributed by atoms with van der Waals surface area (Å²) >= 11 is 0. The van der Waals surface area contributed by atoms with Crippen molar-refractivity contribution in [3.05, 3.63) is 100 Å². The number of rotatable bonds is 5. The molecule has 0 unspecified atom stereocenters. The van der Waals surface area contributed by atoms with Crippen LogP contribution in [0.3, 0.4) is 0 Å². The fourth-order valence-corrected chi connectivity index (χ4v) is 3.54. The molecule has 1 N–H and O–H groups in total. The van der Waals surface area contributed by atoms with E-state index >= 15 is 0 Å². The van der Waals surface area contributed by atoms with Crippen LogP contribution in [0.25, 0.3) is 11.0 Å². The SMILES string of the molecule is Cc1ccc(C(=O)NCc2nc3ccccc3n2Cc2cc(C)ccc2C)cc1. The Morgan fingerprint density at radius 1 is 0.931 bits per heavy atom. The highest BCUT2D eigenvalue weighted by Crippen LogP contribution is 2.20. The third-order valence-electron chi connectivity index (χ3n) is 5.29. The smallest absolute Gasteiger partial charge is 0.251 e. The summed E-state index contributed by atoms with van der Waals surface area (Å²) in [6.07, 6.45) is 0. The van der Waals surface area contributed by atoms with Crippen LogP contribution in [0.2, 0.25) is 0 Å². The molecule has 1 aromatic heterocycles. The number of fused-ring (bicyclic) bond motifs is 1. The fourth-order valence-electron chi connectivity index (χ4n) is 3.54. The number of para-hydroxylation sites is 2. The van der Waals surface area contributed by atoms with Gasteiger partial charge in [0.2, 0.25) is 0 Å². The standard InChI is InChI=1S/C25H25N3O/c1-17-9-12-20(13-10-17)25(29)26-15-24-27-22-6-4-5-7-23(22)28(24)16-21-14-18(2)8-11-19(21)3/h4-14H,15-16H2,1-3H3,(H,26,29). The molecule has 0 bridgehead atoms. The molecule has 1 heterocycles. The van der Waals surface area contributed by atoms with Gasteiger partial charge in [-0.05, 0) is 56.2 Å². The van der Waals surface area contributed by atoms with Crippen LogP contribution in [0.15, 0.2) is 66.7 Å². The molecule has 3 aromatic carbocycles. The van der Waals surface area contributed by atoms with Crippen LogP contribution < -0.4 is 5.32 Å². The van der Waals surface area contributed by atoms with Crippen molar-refractivity contribution in [2.75, 3.05) is 0 Å². The van der Waals surface area contributed by atoms with Gasteiger partial charge in [0.15, 0.2) is 0 Å². The lowest BCUT2D eigenvalue weighted by Crippen LogP contribution is -2.25. The summed E-state index contributed by atoms with van der Waals surface area (Å²) < 4.78 is 2.20. The summed E-state index contributed by atoms with van der Waals surface area (Å²) in [7, 11) is 0. The average molecular weight is 383 g/mol. The van der Waals surface area contributed by atoms with Crippen molar-refractivity contribution in [3.8, 4) is 0 Å². The Balaban J connectivity index is 1.63. The molecule has 4 aromatic rings. The van der Waals surface area contributed by atoms with Crippen molar-refractivity contribution in [3.63, 3.8) is 0 Å². The van der Waals surface area contributed by atoms with Gasteiger partial charge in [0, 0.05) is 12.1 Å². The number of benzene rings is 3. The van der Waals surface area contributed by atoms with E-state index in [1.807, 2.05) is 49.4 Å². The summed E-state index contributed by atoms with van der Waals surface area (Å²) in [6, 6.07) is 22.2. The van der Waals surface area contributed by atoms with Crippen LogP contribution in [0.4, 0.5) is 0 Å². The molecule has 29 heavy (non-hydrogen) atoms. The number of imidazole rings is 1. The Kier molecular flexibility index (Phi) is 5.17. The van der Waals surface area contributed by atoms with Gasteiger partial charge < -0.3 is 9.88 Å². The van der Waals surface area contributed by atoms with Crippen LogP contribution in [0.5, 0.6) is 0 Å². The van der Waals surface area contributed by atoms with Crippen molar-refractivity contribution in [2.45, 2.75) is 33.9 Å². The van der Waals surface area contributed by atoms with Crippen LogP contribution in [0.1, 0.15) is 38.4 Å².